The second-order valence-electron chi connectivity index (χ2n) is 31.3. The van der Waals surface area contributed by atoms with Gasteiger partial charge in [0.05, 0.1) is 112 Å². The standard InChI is InChI=1S/C22H25N3O4.C21H23N3O4.C17H17N3O2.C15H10N2O3.C12H16BNO3.C9H6BrNO2.C2H7N/c1-7-25(21(27)29-22(2,3)4)14-15-10-17(13-24-12-15)18-11-16(20(26)28-6)8-9-19(18)23-5;1-6-24(20(27)28-21(2,3)4)13-14-9-16(12-23-11-14)17-10-15(19(25)26)7-8-18(17)22-5;1-4-19-9-12-7-14(11-20-10-12)15-8-13(17(21)22-3)5-6-16(15)18-2;1-16-14-4-3-11(15(19)20-2)6-13(14)12-5-10(9-18)7-17-8-12;1-11(2)12(3,4)17-13(16-11)10-5-9(8-15)6-14-7-10;1-13-9(12)6-2-3-7(5-11)8(10)4-6;1-2-3/h8-13H,7,14H2,1-4,6H3;7-12H,6,13H2,1-4H3,(H,25,26);5-8,10-11,19H,4,9H2,1,3H3;3-9H,2H3;5-8H,1-4H3;2-4H,1H3;2-3H2,1H3. The molecule has 0 saturated carbocycles. The molecular formula is C98H104BBrN14O18. The summed E-state index contributed by atoms with van der Waals surface area (Å²) in [6, 6.07) is 34.3. The maximum Gasteiger partial charge on any atom is 0.496 e. The third kappa shape index (κ3) is 32.3. The van der Waals surface area contributed by atoms with E-state index in [9.17, 15) is 48.3 Å². The number of aldehydes is 2. The van der Waals surface area contributed by atoms with Crippen molar-refractivity contribution in [2.24, 2.45) is 5.73 Å². The van der Waals surface area contributed by atoms with Crippen LogP contribution in [0.15, 0.2) is 188 Å². The van der Waals surface area contributed by atoms with Crippen LogP contribution in [0.5, 0.6) is 0 Å². The van der Waals surface area contributed by atoms with E-state index in [1.807, 2.05) is 115 Å². The Morgan fingerprint density at radius 3 is 1.14 bits per heavy atom. The van der Waals surface area contributed by atoms with Crippen molar-refractivity contribution in [2.75, 3.05) is 54.6 Å². The number of hydrogen-bond donors (Lipinski definition) is 3. The van der Waals surface area contributed by atoms with E-state index in [4.69, 9.17) is 65.5 Å². The molecule has 32 nitrogen and oxygen atoms in total. The molecule has 2 amide bonds. The number of halogens is 1. The summed E-state index contributed by atoms with van der Waals surface area (Å²) >= 11 is 3.17. The molecule has 10 aromatic rings. The number of carboxylic acids is 1. The number of carbonyl (C=O) groups is 9. The number of esters is 4. The highest BCUT2D eigenvalue weighted by atomic mass is 79.9. The number of benzene rings is 5. The highest BCUT2D eigenvalue weighted by molar-refractivity contribution is 9.10. The molecule has 0 radical (unpaired) electrons. The van der Waals surface area contributed by atoms with E-state index in [1.165, 1.54) is 71.3 Å². The summed E-state index contributed by atoms with van der Waals surface area (Å²) < 4.78 is 41.9. The second-order valence-corrected chi connectivity index (χ2v) is 32.1. The molecule has 1 saturated heterocycles. The first kappa shape index (κ1) is 107. The summed E-state index contributed by atoms with van der Waals surface area (Å²) in [4.78, 5) is 141. The van der Waals surface area contributed by atoms with Crippen molar-refractivity contribution in [2.45, 2.75) is 139 Å². The number of rotatable bonds is 21. The topological polar surface area (TPSA) is 398 Å². The Morgan fingerprint density at radius 2 is 0.811 bits per heavy atom. The van der Waals surface area contributed by atoms with E-state index in [2.05, 4.69) is 75.0 Å². The first-order valence-electron chi connectivity index (χ1n) is 40.8. The molecule has 34 heteroatoms. The van der Waals surface area contributed by atoms with Gasteiger partial charge in [-0.1, -0.05) is 86.6 Å². The highest BCUT2D eigenvalue weighted by Gasteiger charge is 2.52. The van der Waals surface area contributed by atoms with E-state index in [0.717, 1.165) is 47.1 Å². The molecule has 132 heavy (non-hydrogen) atoms. The Hall–Kier alpha value is -15.1. The number of pyridine rings is 5. The smallest absolute Gasteiger partial charge is 0.478 e. The van der Waals surface area contributed by atoms with E-state index in [0.29, 0.717) is 138 Å². The minimum absolute atomic E-state index is 0.0942. The normalized spacial score (nSPS) is 11.6. The summed E-state index contributed by atoms with van der Waals surface area (Å²) in [6.45, 7) is 59.6. The van der Waals surface area contributed by atoms with Gasteiger partial charge in [0.15, 0.2) is 35.3 Å². The molecule has 0 bridgehead atoms. The zero-order chi connectivity index (χ0) is 98.2. The van der Waals surface area contributed by atoms with Crippen LogP contribution in [-0.4, -0.2) is 179 Å². The van der Waals surface area contributed by atoms with Gasteiger partial charge in [-0.05, 0) is 222 Å². The van der Waals surface area contributed by atoms with Crippen molar-refractivity contribution in [3.63, 3.8) is 0 Å². The summed E-state index contributed by atoms with van der Waals surface area (Å²) in [5.41, 5.74) is 15.9. The number of carboxylic acid groups (broad SMARTS) is 1. The van der Waals surface area contributed by atoms with Gasteiger partial charge in [0.25, 0.3) is 0 Å². The molecule has 1 aliphatic rings. The first-order valence-corrected chi connectivity index (χ1v) is 41.6. The lowest BCUT2D eigenvalue weighted by atomic mass is 9.80. The SMILES string of the molecule is CC1(C)OB(c2cncc(C=O)c2)OC1(C)C.CCN.COC(=O)c1ccc(C#N)c(Br)c1.[C-]#[N+]c1ccc(C(=O)O)cc1-c1cncc(CN(CC)C(=O)OC(C)(C)C)c1.[C-]#[N+]c1ccc(C(=O)OC)cc1-c1cncc(C=O)c1.[C-]#[N+]c1ccc(C(=O)OC)cc1-c1cncc(CN(CC)C(=O)OC(C)(C)C)c1.[C-]#[N+]c1ccc(C(=O)OC)cc1-c1cncc(CNCC)c1. The fourth-order valence-corrected chi connectivity index (χ4v) is 12.1. The molecule has 11 rings (SSSR count). The van der Waals surface area contributed by atoms with Crippen molar-refractivity contribution in [3.8, 4) is 50.6 Å². The zero-order valence-electron chi connectivity index (χ0n) is 76.7. The predicted octanol–water partition coefficient (Wildman–Crippen LogP) is 19.0. The van der Waals surface area contributed by atoms with E-state index in [1.54, 1.807) is 138 Å². The molecular weight excluding hydrogens is 1750 g/mol. The second kappa shape index (κ2) is 51.8. The molecule has 1 fully saturated rings. The number of methoxy groups -OCH3 is 4. The van der Waals surface area contributed by atoms with Gasteiger partial charge < -0.3 is 63.7 Å². The number of nitriles is 1. The number of carbonyl (C=O) groups excluding carboxylic acids is 8. The number of nitrogens with zero attached hydrogens (tertiary/aromatic N) is 12. The van der Waals surface area contributed by atoms with E-state index in [-0.39, 0.29) is 23.3 Å². The molecule has 0 unspecified atom stereocenters. The number of hydrogen-bond acceptors (Lipinski definition) is 25. The van der Waals surface area contributed by atoms with Crippen LogP contribution in [0.2, 0.25) is 0 Å². The van der Waals surface area contributed by atoms with Crippen LogP contribution >= 0.6 is 15.9 Å². The molecule has 4 N–H and O–H groups in total. The average Bonchev–Trinajstić information content (AvgIpc) is 1.60. The van der Waals surface area contributed by atoms with Gasteiger partial charge in [-0.25, -0.2) is 52.9 Å². The summed E-state index contributed by atoms with van der Waals surface area (Å²) in [5, 5.41) is 21.1. The maximum atomic E-state index is 12.4. The van der Waals surface area contributed by atoms with Gasteiger partial charge in [-0.3, -0.25) is 34.5 Å². The largest absolute Gasteiger partial charge is 0.496 e. The summed E-state index contributed by atoms with van der Waals surface area (Å²) in [6.07, 6.45) is 16.7. The Labute approximate surface area is 777 Å². The molecule has 0 aliphatic carbocycles. The lowest BCUT2D eigenvalue weighted by Gasteiger charge is -2.32. The number of aromatic carboxylic acids is 1. The number of amides is 2. The van der Waals surface area contributed by atoms with Crippen LogP contribution in [0.4, 0.5) is 32.3 Å². The monoisotopic (exact) mass is 1850 g/mol. The van der Waals surface area contributed by atoms with Gasteiger partial charge in [0.1, 0.15) is 17.3 Å². The predicted molar refractivity (Wildman–Crippen MR) is 502 cm³/mol. The average molecular weight is 1860 g/mol. The number of ether oxygens (including phenoxy) is 6. The lowest BCUT2D eigenvalue weighted by Crippen LogP contribution is -2.41. The van der Waals surface area contributed by atoms with E-state index < -0.39 is 60.4 Å². The van der Waals surface area contributed by atoms with Crippen molar-refractivity contribution >= 4 is 106 Å². The van der Waals surface area contributed by atoms with Crippen LogP contribution in [0, 0.1) is 37.6 Å². The Balaban J connectivity index is 0.000000283. The van der Waals surface area contributed by atoms with Crippen molar-refractivity contribution in [1.82, 2.24) is 40.0 Å². The molecule has 684 valence electrons. The van der Waals surface area contributed by atoms with Crippen LogP contribution < -0.4 is 16.5 Å². The maximum absolute atomic E-state index is 12.4. The number of aromatic nitrogens is 5. The van der Waals surface area contributed by atoms with E-state index >= 15 is 0 Å². The van der Waals surface area contributed by atoms with Gasteiger partial charge >= 0.3 is 49.2 Å². The molecule has 0 spiro atoms. The third-order valence-electron chi connectivity index (χ3n) is 18.8. The van der Waals surface area contributed by atoms with Gasteiger partial charge in [-0.15, -0.1) is 0 Å². The minimum Gasteiger partial charge on any atom is -0.478 e. The zero-order valence-corrected chi connectivity index (χ0v) is 78.3. The Morgan fingerprint density at radius 1 is 0.492 bits per heavy atom. The van der Waals surface area contributed by atoms with Crippen LogP contribution in [-0.2, 0) is 57.4 Å². The van der Waals surface area contributed by atoms with Crippen LogP contribution in [0.1, 0.15) is 192 Å². The van der Waals surface area contributed by atoms with Gasteiger partial charge in [0, 0.05) is 103 Å². The first-order chi connectivity index (χ1) is 62.7. The van der Waals surface area contributed by atoms with Crippen molar-refractivity contribution in [1.29, 1.82) is 5.26 Å². The van der Waals surface area contributed by atoms with Crippen LogP contribution in [0.3, 0.4) is 0 Å². The fourth-order valence-electron chi connectivity index (χ4n) is 11.6. The van der Waals surface area contributed by atoms with Gasteiger partial charge in [0.2, 0.25) is 0 Å². The quantitative estimate of drug-likeness (QED) is 0.0198. The van der Waals surface area contributed by atoms with Crippen LogP contribution in [0.25, 0.3) is 63.9 Å². The molecule has 6 heterocycles. The lowest BCUT2D eigenvalue weighted by molar-refractivity contribution is 0.00578. The van der Waals surface area contributed by atoms with Gasteiger partial charge in [-0.2, -0.15) is 5.26 Å². The Kier molecular flexibility index (Phi) is 42.2. The fraction of sp³-hybridized carbons (Fsp3) is 0.296. The minimum atomic E-state index is -1.07. The highest BCUT2D eigenvalue weighted by Crippen LogP contribution is 2.39. The number of nitrogens with one attached hydrogen (secondary N) is 1. The molecule has 5 aromatic heterocycles. The Bertz CT molecular complexity index is 5960. The third-order valence-corrected chi connectivity index (χ3v) is 19.5. The molecule has 5 aromatic carbocycles. The van der Waals surface area contributed by atoms with Crippen molar-refractivity contribution < 1.29 is 86.0 Å². The van der Waals surface area contributed by atoms with Crippen molar-refractivity contribution in [3.05, 3.63) is 295 Å². The molecule has 0 atom stereocenters. The number of nitrogens with two attached hydrogens (primary N) is 1. The summed E-state index contributed by atoms with van der Waals surface area (Å²) in [7, 11) is 4.78. The summed E-state index contributed by atoms with van der Waals surface area (Å²) in [5.74, 6) is -2.86. The molecule has 1 aliphatic heterocycles.